The second-order valence-corrected chi connectivity index (χ2v) is 3.69. The van der Waals surface area contributed by atoms with Gasteiger partial charge in [-0.15, -0.1) is 0 Å². The molecule has 16 heavy (non-hydrogen) atoms. The van der Waals surface area contributed by atoms with Gasteiger partial charge in [0.1, 0.15) is 11.8 Å². The van der Waals surface area contributed by atoms with Gasteiger partial charge in [0.15, 0.2) is 0 Å². The molecule has 1 atom stereocenters. The molecule has 0 radical (unpaired) electrons. The second-order valence-electron chi connectivity index (χ2n) is 3.69. The normalized spacial score (nSPS) is 20.7. The first-order valence-corrected chi connectivity index (χ1v) is 5.01. The van der Waals surface area contributed by atoms with Crippen LogP contribution in [0.2, 0.25) is 0 Å². The molecule has 1 heterocycles. The summed E-state index contributed by atoms with van der Waals surface area (Å²) in [4.78, 5) is 0. The Balaban J connectivity index is 2.40. The van der Waals surface area contributed by atoms with Crippen LogP contribution in [0.1, 0.15) is 12.8 Å². The fraction of sp³-hybridized carbons (Fsp3) is 0.889. The van der Waals surface area contributed by atoms with Gasteiger partial charge >= 0.3 is 6.18 Å². The molecule has 0 saturated carbocycles. The maximum atomic E-state index is 12.4. The van der Waals surface area contributed by atoms with E-state index in [-0.39, 0.29) is 6.10 Å². The summed E-state index contributed by atoms with van der Waals surface area (Å²) in [7, 11) is 0. The van der Waals surface area contributed by atoms with Gasteiger partial charge in [-0.1, -0.05) is 0 Å². The summed E-state index contributed by atoms with van der Waals surface area (Å²) in [5, 5.41) is 6.88. The van der Waals surface area contributed by atoms with E-state index in [1.54, 1.807) is 0 Å². The lowest BCUT2D eigenvalue weighted by Crippen LogP contribution is -2.40. The molecule has 94 valence electrons. The Morgan fingerprint density at radius 2 is 2.00 bits per heavy atom. The summed E-state index contributed by atoms with van der Waals surface area (Å²) < 4.78 is 47.4. The third-order valence-electron chi connectivity index (χ3n) is 2.44. The van der Waals surface area contributed by atoms with Crippen molar-refractivity contribution in [3.8, 4) is 0 Å². The summed E-state index contributed by atoms with van der Waals surface area (Å²) in [6, 6.07) is 0. The first kappa shape index (κ1) is 13.2. The summed E-state index contributed by atoms with van der Waals surface area (Å²) in [6.07, 6.45) is -3.57. The van der Waals surface area contributed by atoms with Crippen LogP contribution in [0.3, 0.4) is 0 Å². The molecular formula is C9H15F3N2O2. The van der Waals surface area contributed by atoms with E-state index >= 15 is 0 Å². The molecule has 1 aliphatic heterocycles. The molecule has 1 unspecified atom stereocenters. The molecule has 0 aromatic rings. The van der Waals surface area contributed by atoms with Gasteiger partial charge in [0.25, 0.3) is 0 Å². The van der Waals surface area contributed by atoms with Crippen LogP contribution in [0, 0.1) is 11.3 Å². The van der Waals surface area contributed by atoms with Crippen LogP contribution in [-0.2, 0) is 9.47 Å². The lowest BCUT2D eigenvalue weighted by molar-refractivity contribution is -0.175. The first-order chi connectivity index (χ1) is 7.41. The van der Waals surface area contributed by atoms with Crippen molar-refractivity contribution in [3.63, 3.8) is 0 Å². The Bertz CT molecular complexity index is 239. The van der Waals surface area contributed by atoms with E-state index in [0.717, 1.165) is 0 Å². The van der Waals surface area contributed by atoms with Gasteiger partial charge < -0.3 is 15.2 Å². The molecule has 0 aliphatic carbocycles. The smallest absolute Gasteiger partial charge is 0.387 e. The minimum atomic E-state index is -4.52. The highest BCUT2D eigenvalue weighted by atomic mass is 19.4. The SMILES string of the molecule is N=C(N)C(COC1CCOCC1)C(F)(F)F. The predicted molar refractivity (Wildman–Crippen MR) is 51.3 cm³/mol. The fourth-order valence-corrected chi connectivity index (χ4v) is 1.44. The van der Waals surface area contributed by atoms with Gasteiger partial charge in [-0.2, -0.15) is 13.2 Å². The Hall–Kier alpha value is -0.820. The van der Waals surface area contributed by atoms with Gasteiger partial charge in [-0.3, -0.25) is 5.41 Å². The Morgan fingerprint density at radius 1 is 1.44 bits per heavy atom. The highest BCUT2D eigenvalue weighted by Crippen LogP contribution is 2.27. The number of halogens is 3. The zero-order valence-corrected chi connectivity index (χ0v) is 8.72. The molecule has 0 spiro atoms. The average molecular weight is 240 g/mol. The van der Waals surface area contributed by atoms with Crippen molar-refractivity contribution in [2.75, 3.05) is 19.8 Å². The topological polar surface area (TPSA) is 68.3 Å². The highest BCUT2D eigenvalue weighted by Gasteiger charge is 2.42. The van der Waals surface area contributed by atoms with Crippen LogP contribution in [0.25, 0.3) is 0 Å². The van der Waals surface area contributed by atoms with E-state index in [4.69, 9.17) is 20.6 Å². The van der Waals surface area contributed by atoms with Crippen LogP contribution < -0.4 is 5.73 Å². The summed E-state index contributed by atoms with van der Waals surface area (Å²) in [5.74, 6) is -2.91. The Labute approximate surface area is 91.4 Å². The molecule has 0 aromatic heterocycles. The number of ether oxygens (including phenoxy) is 2. The lowest BCUT2D eigenvalue weighted by atomic mass is 10.1. The van der Waals surface area contributed by atoms with Crippen molar-refractivity contribution >= 4 is 5.84 Å². The molecule has 3 N–H and O–H groups in total. The van der Waals surface area contributed by atoms with Gasteiger partial charge in [0.05, 0.1) is 12.7 Å². The van der Waals surface area contributed by atoms with E-state index in [2.05, 4.69) is 0 Å². The van der Waals surface area contributed by atoms with E-state index < -0.39 is 24.5 Å². The average Bonchev–Trinajstić information content (AvgIpc) is 2.17. The lowest BCUT2D eigenvalue weighted by Gasteiger charge is -2.25. The summed E-state index contributed by atoms with van der Waals surface area (Å²) in [5.41, 5.74) is 4.90. The standard InChI is InChI=1S/C9H15F3N2O2/c10-9(11,12)7(8(13)14)5-16-6-1-3-15-4-2-6/h6-7H,1-5H2,(H3,13,14). The minimum Gasteiger partial charge on any atom is -0.387 e. The number of nitrogens with two attached hydrogens (primary N) is 1. The number of amidine groups is 1. The van der Waals surface area contributed by atoms with E-state index in [9.17, 15) is 13.2 Å². The van der Waals surface area contributed by atoms with Crippen molar-refractivity contribution in [1.82, 2.24) is 0 Å². The maximum Gasteiger partial charge on any atom is 0.400 e. The Kier molecular flexibility index (Phi) is 4.55. The van der Waals surface area contributed by atoms with E-state index in [0.29, 0.717) is 26.1 Å². The van der Waals surface area contributed by atoms with Crippen molar-refractivity contribution in [1.29, 1.82) is 5.41 Å². The maximum absolute atomic E-state index is 12.4. The van der Waals surface area contributed by atoms with Crippen LogP contribution in [-0.4, -0.2) is 37.9 Å². The number of alkyl halides is 3. The summed E-state index contributed by atoms with van der Waals surface area (Å²) in [6.45, 7) is 0.423. The second kappa shape index (κ2) is 5.49. The molecule has 0 bridgehead atoms. The number of nitrogens with one attached hydrogen (secondary N) is 1. The van der Waals surface area contributed by atoms with Crippen LogP contribution in [0.5, 0.6) is 0 Å². The molecule has 0 amide bonds. The predicted octanol–water partition coefficient (Wildman–Crippen LogP) is 1.30. The molecule has 7 heteroatoms. The van der Waals surface area contributed by atoms with Crippen molar-refractivity contribution in [2.24, 2.45) is 11.7 Å². The molecule has 1 saturated heterocycles. The monoisotopic (exact) mass is 240 g/mol. The number of rotatable bonds is 4. The number of hydrogen-bond acceptors (Lipinski definition) is 3. The van der Waals surface area contributed by atoms with E-state index in [1.807, 2.05) is 0 Å². The van der Waals surface area contributed by atoms with Crippen LogP contribution in [0.15, 0.2) is 0 Å². The fourth-order valence-electron chi connectivity index (χ4n) is 1.44. The molecule has 1 rings (SSSR count). The first-order valence-electron chi connectivity index (χ1n) is 5.01. The third-order valence-corrected chi connectivity index (χ3v) is 2.44. The van der Waals surface area contributed by atoms with Crippen LogP contribution in [0.4, 0.5) is 13.2 Å². The zero-order chi connectivity index (χ0) is 12.2. The number of hydrogen-bond donors (Lipinski definition) is 2. The van der Waals surface area contributed by atoms with Gasteiger partial charge in [-0.25, -0.2) is 0 Å². The molecule has 4 nitrogen and oxygen atoms in total. The van der Waals surface area contributed by atoms with Crippen molar-refractivity contribution in [3.05, 3.63) is 0 Å². The van der Waals surface area contributed by atoms with Gasteiger partial charge in [0.2, 0.25) is 0 Å². The van der Waals surface area contributed by atoms with Gasteiger partial charge in [-0.05, 0) is 12.8 Å². The molecular weight excluding hydrogens is 225 g/mol. The van der Waals surface area contributed by atoms with Gasteiger partial charge in [0, 0.05) is 13.2 Å². The van der Waals surface area contributed by atoms with Crippen molar-refractivity contribution < 1.29 is 22.6 Å². The summed E-state index contributed by atoms with van der Waals surface area (Å²) >= 11 is 0. The van der Waals surface area contributed by atoms with Crippen LogP contribution >= 0.6 is 0 Å². The highest BCUT2D eigenvalue weighted by molar-refractivity contribution is 5.80. The Morgan fingerprint density at radius 3 is 2.44 bits per heavy atom. The molecule has 1 aliphatic rings. The largest absolute Gasteiger partial charge is 0.400 e. The third kappa shape index (κ3) is 3.97. The van der Waals surface area contributed by atoms with Crippen molar-refractivity contribution in [2.45, 2.75) is 25.1 Å². The minimum absolute atomic E-state index is 0.224. The molecule has 0 aromatic carbocycles. The quantitative estimate of drug-likeness (QED) is 0.574. The molecule has 1 fully saturated rings. The van der Waals surface area contributed by atoms with E-state index in [1.165, 1.54) is 0 Å². The zero-order valence-electron chi connectivity index (χ0n) is 8.72.